The number of thiazole rings is 1. The van der Waals surface area contributed by atoms with Crippen molar-refractivity contribution >= 4 is 32.4 Å². The molecule has 0 unspecified atom stereocenters. The highest BCUT2D eigenvalue weighted by Gasteiger charge is 2.25. The molecule has 0 saturated carbocycles. The van der Waals surface area contributed by atoms with Gasteiger partial charge < -0.3 is 0 Å². The summed E-state index contributed by atoms with van der Waals surface area (Å²) in [5.41, 5.74) is 3.68. The van der Waals surface area contributed by atoms with Gasteiger partial charge >= 0.3 is 0 Å². The molecule has 0 spiro atoms. The predicted molar refractivity (Wildman–Crippen MR) is 115 cm³/mol. The maximum absolute atomic E-state index is 12.6. The SMILES string of the molecule is CC(C)N(C)S(=O)(=O)c1ccc(C(=O)Nc2nc3c(s2)Cc2ccccc2-3)cc1. The lowest BCUT2D eigenvalue weighted by Gasteiger charge is -2.21. The van der Waals surface area contributed by atoms with E-state index in [1.807, 2.05) is 32.0 Å². The topological polar surface area (TPSA) is 79.4 Å². The number of hydrogen-bond acceptors (Lipinski definition) is 5. The lowest BCUT2D eigenvalue weighted by molar-refractivity contribution is 0.102. The largest absolute Gasteiger partial charge is 0.298 e. The number of hydrogen-bond donors (Lipinski definition) is 1. The molecule has 1 amide bonds. The average Bonchev–Trinajstić information content (AvgIpc) is 3.24. The number of nitrogens with zero attached hydrogens (tertiary/aromatic N) is 2. The van der Waals surface area contributed by atoms with Crippen molar-refractivity contribution in [3.8, 4) is 11.3 Å². The van der Waals surface area contributed by atoms with Crippen molar-refractivity contribution in [1.82, 2.24) is 9.29 Å². The van der Waals surface area contributed by atoms with Crippen LogP contribution in [0.25, 0.3) is 11.3 Å². The van der Waals surface area contributed by atoms with Crippen LogP contribution in [0.15, 0.2) is 53.4 Å². The van der Waals surface area contributed by atoms with Crippen molar-refractivity contribution in [1.29, 1.82) is 0 Å². The molecule has 2 aromatic carbocycles. The summed E-state index contributed by atoms with van der Waals surface area (Å²) in [6.07, 6.45) is 0.828. The molecule has 8 heteroatoms. The van der Waals surface area contributed by atoms with E-state index in [4.69, 9.17) is 0 Å². The van der Waals surface area contributed by atoms with Crippen LogP contribution in [-0.4, -0.2) is 36.7 Å². The lowest BCUT2D eigenvalue weighted by atomic mass is 10.1. The maximum Gasteiger partial charge on any atom is 0.257 e. The molecule has 0 atom stereocenters. The summed E-state index contributed by atoms with van der Waals surface area (Å²) in [5, 5.41) is 3.37. The molecule has 4 rings (SSSR count). The van der Waals surface area contributed by atoms with E-state index < -0.39 is 10.0 Å². The van der Waals surface area contributed by atoms with Crippen molar-refractivity contribution < 1.29 is 13.2 Å². The van der Waals surface area contributed by atoms with Gasteiger partial charge in [-0.3, -0.25) is 10.1 Å². The van der Waals surface area contributed by atoms with Crippen LogP contribution in [0.4, 0.5) is 5.13 Å². The number of amides is 1. The number of nitrogens with one attached hydrogen (secondary N) is 1. The number of fused-ring (bicyclic) bond motifs is 3. The van der Waals surface area contributed by atoms with Gasteiger partial charge in [0.05, 0.1) is 10.6 Å². The molecule has 1 aromatic heterocycles. The fraction of sp³-hybridized carbons (Fsp3) is 0.238. The minimum atomic E-state index is -3.57. The van der Waals surface area contributed by atoms with Gasteiger partial charge in [0.15, 0.2) is 5.13 Å². The van der Waals surface area contributed by atoms with Crippen LogP contribution in [0, 0.1) is 0 Å². The summed E-state index contributed by atoms with van der Waals surface area (Å²) in [4.78, 5) is 18.5. The number of benzene rings is 2. The lowest BCUT2D eigenvalue weighted by Crippen LogP contribution is -2.33. The van der Waals surface area contributed by atoms with Gasteiger partial charge in [-0.15, -0.1) is 11.3 Å². The van der Waals surface area contributed by atoms with E-state index in [1.165, 1.54) is 45.5 Å². The Bertz CT molecular complexity index is 1180. The first-order valence-electron chi connectivity index (χ1n) is 9.25. The fourth-order valence-electron chi connectivity index (χ4n) is 3.21. The van der Waals surface area contributed by atoms with Crippen LogP contribution in [0.1, 0.15) is 34.6 Å². The zero-order valence-corrected chi connectivity index (χ0v) is 18.0. The summed E-state index contributed by atoms with van der Waals surface area (Å²) in [6, 6.07) is 13.9. The molecule has 29 heavy (non-hydrogen) atoms. The quantitative estimate of drug-likeness (QED) is 0.522. The van der Waals surface area contributed by atoms with Gasteiger partial charge in [0.25, 0.3) is 5.91 Å². The van der Waals surface area contributed by atoms with Crippen molar-refractivity contribution in [2.75, 3.05) is 12.4 Å². The first kappa shape index (κ1) is 19.8. The highest BCUT2D eigenvalue weighted by Crippen LogP contribution is 2.40. The Morgan fingerprint density at radius 3 is 2.52 bits per heavy atom. The molecule has 0 aliphatic heterocycles. The zero-order valence-electron chi connectivity index (χ0n) is 16.3. The van der Waals surface area contributed by atoms with Gasteiger partial charge in [-0.05, 0) is 43.7 Å². The molecule has 0 saturated heterocycles. The predicted octanol–water partition coefficient (Wildman–Crippen LogP) is 4.00. The van der Waals surface area contributed by atoms with Crippen molar-refractivity contribution in [2.24, 2.45) is 0 Å². The molecule has 1 aliphatic rings. The van der Waals surface area contributed by atoms with E-state index >= 15 is 0 Å². The highest BCUT2D eigenvalue weighted by atomic mass is 32.2. The zero-order chi connectivity index (χ0) is 20.8. The molecule has 0 fully saturated rings. The van der Waals surface area contributed by atoms with E-state index in [9.17, 15) is 13.2 Å². The molecule has 1 aliphatic carbocycles. The molecule has 0 radical (unpaired) electrons. The Morgan fingerprint density at radius 1 is 1.14 bits per heavy atom. The van der Waals surface area contributed by atoms with E-state index in [2.05, 4.69) is 16.4 Å². The van der Waals surface area contributed by atoms with Crippen molar-refractivity contribution in [3.05, 3.63) is 64.5 Å². The molecule has 1 heterocycles. The van der Waals surface area contributed by atoms with E-state index in [-0.39, 0.29) is 16.8 Å². The van der Waals surface area contributed by atoms with Gasteiger partial charge in [0.1, 0.15) is 0 Å². The second-order valence-corrected chi connectivity index (χ2v) is 10.3. The summed E-state index contributed by atoms with van der Waals surface area (Å²) < 4.78 is 26.4. The second kappa shape index (κ2) is 7.37. The number of anilines is 1. The fourth-order valence-corrected chi connectivity index (χ4v) is 5.57. The van der Waals surface area contributed by atoms with Gasteiger partial charge in [0, 0.05) is 35.5 Å². The van der Waals surface area contributed by atoms with E-state index in [0.29, 0.717) is 10.7 Å². The van der Waals surface area contributed by atoms with Crippen LogP contribution >= 0.6 is 11.3 Å². The average molecular weight is 428 g/mol. The Labute approximate surface area is 174 Å². The van der Waals surface area contributed by atoms with Crippen LogP contribution in [0.2, 0.25) is 0 Å². The van der Waals surface area contributed by atoms with Crippen LogP contribution < -0.4 is 5.32 Å². The highest BCUT2D eigenvalue weighted by molar-refractivity contribution is 7.89. The summed E-state index contributed by atoms with van der Waals surface area (Å²) in [5.74, 6) is -0.313. The van der Waals surface area contributed by atoms with Crippen LogP contribution in [0.3, 0.4) is 0 Å². The number of sulfonamides is 1. The Balaban J connectivity index is 1.51. The standard InChI is InChI=1S/C21H21N3O3S2/c1-13(2)24(3)29(26,27)16-10-8-14(9-11-16)20(25)23-21-22-19-17-7-5-4-6-15(17)12-18(19)28-21/h4-11,13H,12H2,1-3H3,(H,22,23,25). The molecular formula is C21H21N3O3S2. The van der Waals surface area contributed by atoms with E-state index in [0.717, 1.165) is 22.6 Å². The molecule has 6 nitrogen and oxygen atoms in total. The monoisotopic (exact) mass is 427 g/mol. The number of rotatable bonds is 5. The Kier molecular flexibility index (Phi) is 5.02. The normalized spacial score (nSPS) is 12.9. The number of aromatic nitrogens is 1. The molecule has 3 aromatic rings. The second-order valence-electron chi connectivity index (χ2n) is 7.22. The summed E-state index contributed by atoms with van der Waals surface area (Å²) >= 11 is 1.47. The molecular weight excluding hydrogens is 406 g/mol. The number of carbonyl (C=O) groups is 1. The van der Waals surface area contributed by atoms with Crippen LogP contribution in [0.5, 0.6) is 0 Å². The summed E-state index contributed by atoms with van der Waals surface area (Å²) in [7, 11) is -2.03. The smallest absolute Gasteiger partial charge is 0.257 e. The van der Waals surface area contributed by atoms with Gasteiger partial charge in [-0.1, -0.05) is 24.3 Å². The summed E-state index contributed by atoms with van der Waals surface area (Å²) in [6.45, 7) is 3.62. The van der Waals surface area contributed by atoms with Crippen molar-refractivity contribution in [3.63, 3.8) is 0 Å². The maximum atomic E-state index is 12.6. The minimum absolute atomic E-state index is 0.153. The molecule has 1 N–H and O–H groups in total. The van der Waals surface area contributed by atoms with Crippen LogP contribution in [-0.2, 0) is 16.4 Å². The van der Waals surface area contributed by atoms with Gasteiger partial charge in [0.2, 0.25) is 10.0 Å². The Hall–Kier alpha value is -2.55. The van der Waals surface area contributed by atoms with Gasteiger partial charge in [-0.2, -0.15) is 4.31 Å². The molecule has 0 bridgehead atoms. The molecule has 150 valence electrons. The first-order valence-corrected chi connectivity index (χ1v) is 11.5. The minimum Gasteiger partial charge on any atom is -0.298 e. The Morgan fingerprint density at radius 2 is 1.83 bits per heavy atom. The number of carbonyl (C=O) groups excluding carboxylic acids is 1. The first-order chi connectivity index (χ1) is 13.8. The third kappa shape index (κ3) is 3.59. The van der Waals surface area contributed by atoms with Crippen molar-refractivity contribution in [2.45, 2.75) is 31.2 Å². The third-order valence-corrected chi connectivity index (χ3v) is 8.08. The van der Waals surface area contributed by atoms with E-state index in [1.54, 1.807) is 7.05 Å². The third-order valence-electron chi connectivity index (χ3n) is 5.06. The van der Waals surface area contributed by atoms with Gasteiger partial charge in [-0.25, -0.2) is 13.4 Å².